The molecule has 1 heterocycles. The zero-order chi connectivity index (χ0) is 21.5. The first-order valence-electron chi connectivity index (χ1n) is 9.59. The molecule has 0 bridgehead atoms. The van der Waals surface area contributed by atoms with Gasteiger partial charge in [0.15, 0.2) is 0 Å². The minimum Gasteiger partial charge on any atom is -0.324 e. The lowest BCUT2D eigenvalue weighted by molar-refractivity contribution is -0.114. The molecule has 0 spiro atoms. The molecule has 0 atom stereocenters. The average molecular weight is 424 g/mol. The standard InChI is InChI=1S/C23H21FN2O3S/c1-15(2)16-10-11-21-20(12-16)19-8-3-4-9-22(19)30(28,29)26(21)14-23(27)25-18-7-5-6-17(24)13-18/h3-13,15H,14H2,1-2H3,(H,25,27). The molecule has 1 amide bonds. The Bertz CT molecular complexity index is 1240. The minimum atomic E-state index is -3.93. The van der Waals surface area contributed by atoms with E-state index in [2.05, 4.69) is 19.2 Å². The van der Waals surface area contributed by atoms with E-state index in [0.717, 1.165) is 15.4 Å². The monoisotopic (exact) mass is 424 g/mol. The number of amides is 1. The summed E-state index contributed by atoms with van der Waals surface area (Å²) >= 11 is 0. The van der Waals surface area contributed by atoms with E-state index in [1.807, 2.05) is 12.1 Å². The number of fused-ring (bicyclic) bond motifs is 3. The lowest BCUT2D eigenvalue weighted by Gasteiger charge is -2.32. The molecule has 4 rings (SSSR count). The summed E-state index contributed by atoms with van der Waals surface area (Å²) in [6.45, 7) is 3.72. The summed E-state index contributed by atoms with van der Waals surface area (Å²) in [5.41, 5.74) is 3.19. The second kappa shape index (κ2) is 7.57. The zero-order valence-electron chi connectivity index (χ0n) is 16.6. The van der Waals surface area contributed by atoms with Crippen LogP contribution >= 0.6 is 0 Å². The molecule has 3 aromatic carbocycles. The molecule has 1 N–H and O–H groups in total. The molecule has 3 aromatic rings. The molecule has 5 nitrogen and oxygen atoms in total. The van der Waals surface area contributed by atoms with E-state index in [0.29, 0.717) is 11.3 Å². The van der Waals surface area contributed by atoms with Crippen LogP contribution in [0.15, 0.2) is 71.6 Å². The smallest absolute Gasteiger partial charge is 0.265 e. The van der Waals surface area contributed by atoms with Crippen LogP contribution in [0, 0.1) is 5.82 Å². The summed E-state index contributed by atoms with van der Waals surface area (Å²) in [5, 5.41) is 2.57. The van der Waals surface area contributed by atoms with Crippen LogP contribution < -0.4 is 9.62 Å². The third kappa shape index (κ3) is 3.57. The SMILES string of the molecule is CC(C)c1ccc2c(c1)-c1ccccc1S(=O)(=O)N2CC(=O)Nc1cccc(F)c1. The molecular weight excluding hydrogens is 403 g/mol. The number of carbonyl (C=O) groups is 1. The first-order valence-corrected chi connectivity index (χ1v) is 11.0. The van der Waals surface area contributed by atoms with Gasteiger partial charge in [-0.05, 0) is 47.9 Å². The zero-order valence-corrected chi connectivity index (χ0v) is 17.4. The Morgan fingerprint density at radius 2 is 1.77 bits per heavy atom. The van der Waals surface area contributed by atoms with E-state index in [-0.39, 0.29) is 16.5 Å². The third-order valence-electron chi connectivity index (χ3n) is 5.10. The molecule has 7 heteroatoms. The van der Waals surface area contributed by atoms with Crippen molar-refractivity contribution >= 4 is 27.3 Å². The molecule has 1 aliphatic heterocycles. The summed E-state index contributed by atoms with van der Waals surface area (Å²) in [6.07, 6.45) is 0. The van der Waals surface area contributed by atoms with Crippen LogP contribution in [-0.2, 0) is 14.8 Å². The Kier molecular flexibility index (Phi) is 5.07. The van der Waals surface area contributed by atoms with Gasteiger partial charge in [0.1, 0.15) is 12.4 Å². The fourth-order valence-corrected chi connectivity index (χ4v) is 5.22. The van der Waals surface area contributed by atoms with Gasteiger partial charge in [0.2, 0.25) is 5.91 Å². The van der Waals surface area contributed by atoms with Crippen molar-refractivity contribution in [1.29, 1.82) is 0 Å². The highest BCUT2D eigenvalue weighted by Crippen LogP contribution is 2.43. The number of nitrogens with zero attached hydrogens (tertiary/aromatic N) is 1. The van der Waals surface area contributed by atoms with Crippen LogP contribution in [0.4, 0.5) is 15.8 Å². The molecule has 0 aliphatic carbocycles. The number of carbonyl (C=O) groups excluding carboxylic acids is 1. The van der Waals surface area contributed by atoms with Crippen molar-refractivity contribution in [1.82, 2.24) is 0 Å². The third-order valence-corrected chi connectivity index (χ3v) is 6.91. The number of halogens is 1. The van der Waals surface area contributed by atoms with Crippen molar-refractivity contribution < 1.29 is 17.6 Å². The average Bonchev–Trinajstić information content (AvgIpc) is 2.71. The summed E-state index contributed by atoms with van der Waals surface area (Å²) < 4.78 is 41.1. The highest BCUT2D eigenvalue weighted by molar-refractivity contribution is 7.93. The molecule has 154 valence electrons. The van der Waals surface area contributed by atoms with E-state index in [9.17, 15) is 17.6 Å². The highest BCUT2D eigenvalue weighted by atomic mass is 32.2. The van der Waals surface area contributed by atoms with Gasteiger partial charge in [-0.3, -0.25) is 9.10 Å². The predicted octanol–water partition coefficient (Wildman–Crippen LogP) is 4.76. The Labute approximate surface area is 175 Å². The van der Waals surface area contributed by atoms with Gasteiger partial charge < -0.3 is 5.32 Å². The number of benzene rings is 3. The van der Waals surface area contributed by atoms with Gasteiger partial charge in [-0.15, -0.1) is 0 Å². The van der Waals surface area contributed by atoms with Crippen molar-refractivity contribution in [2.75, 3.05) is 16.2 Å². The van der Waals surface area contributed by atoms with Gasteiger partial charge in [-0.2, -0.15) is 0 Å². The van der Waals surface area contributed by atoms with Crippen LogP contribution in [0.5, 0.6) is 0 Å². The molecule has 0 aromatic heterocycles. The fraction of sp³-hybridized carbons (Fsp3) is 0.174. The highest BCUT2D eigenvalue weighted by Gasteiger charge is 2.36. The van der Waals surface area contributed by atoms with Crippen LogP contribution in [-0.4, -0.2) is 20.9 Å². The van der Waals surface area contributed by atoms with Gasteiger partial charge in [0.05, 0.1) is 10.6 Å². The molecular formula is C23H21FN2O3S. The second-order valence-corrected chi connectivity index (χ2v) is 9.33. The van der Waals surface area contributed by atoms with Crippen molar-refractivity contribution in [3.05, 3.63) is 78.1 Å². The van der Waals surface area contributed by atoms with E-state index in [1.54, 1.807) is 36.4 Å². The molecule has 0 unspecified atom stereocenters. The predicted molar refractivity (Wildman–Crippen MR) is 116 cm³/mol. The lowest BCUT2D eigenvalue weighted by Crippen LogP contribution is -2.40. The molecule has 30 heavy (non-hydrogen) atoms. The van der Waals surface area contributed by atoms with Crippen molar-refractivity contribution in [3.8, 4) is 11.1 Å². The lowest BCUT2D eigenvalue weighted by atomic mass is 9.95. The number of rotatable bonds is 4. The van der Waals surface area contributed by atoms with Gasteiger partial charge >= 0.3 is 0 Å². The maximum absolute atomic E-state index is 13.4. The molecule has 0 saturated heterocycles. The second-order valence-electron chi connectivity index (χ2n) is 7.50. The fourth-order valence-electron chi connectivity index (χ4n) is 3.58. The number of nitrogens with one attached hydrogen (secondary N) is 1. The van der Waals surface area contributed by atoms with Gasteiger partial charge in [0, 0.05) is 16.8 Å². The van der Waals surface area contributed by atoms with E-state index in [4.69, 9.17) is 0 Å². The topological polar surface area (TPSA) is 66.5 Å². The molecule has 0 saturated carbocycles. The Hall–Kier alpha value is -3.19. The largest absolute Gasteiger partial charge is 0.324 e. The minimum absolute atomic E-state index is 0.164. The maximum atomic E-state index is 13.4. The first-order chi connectivity index (χ1) is 14.3. The van der Waals surface area contributed by atoms with Gasteiger partial charge in [0.25, 0.3) is 10.0 Å². The first kappa shape index (κ1) is 20.1. The van der Waals surface area contributed by atoms with Crippen LogP contribution in [0.1, 0.15) is 25.3 Å². The number of hydrogen-bond donors (Lipinski definition) is 1. The van der Waals surface area contributed by atoms with Crippen LogP contribution in [0.25, 0.3) is 11.1 Å². The summed E-state index contributed by atoms with van der Waals surface area (Å²) in [5.74, 6) is -0.771. The molecule has 1 aliphatic rings. The Morgan fingerprint density at radius 3 is 2.50 bits per heavy atom. The van der Waals surface area contributed by atoms with Crippen molar-refractivity contribution in [3.63, 3.8) is 0 Å². The van der Waals surface area contributed by atoms with Crippen LogP contribution in [0.3, 0.4) is 0 Å². The molecule has 0 radical (unpaired) electrons. The van der Waals surface area contributed by atoms with E-state index >= 15 is 0 Å². The van der Waals surface area contributed by atoms with Gasteiger partial charge in [-0.25, -0.2) is 12.8 Å². The summed E-state index contributed by atoms with van der Waals surface area (Å²) in [4.78, 5) is 12.8. The van der Waals surface area contributed by atoms with Gasteiger partial charge in [-0.1, -0.05) is 44.2 Å². The van der Waals surface area contributed by atoms with Crippen molar-refractivity contribution in [2.45, 2.75) is 24.7 Å². The normalized spacial score (nSPS) is 14.2. The summed E-state index contributed by atoms with van der Waals surface area (Å²) in [6, 6.07) is 17.9. The Balaban J connectivity index is 1.76. The Morgan fingerprint density at radius 1 is 1.00 bits per heavy atom. The van der Waals surface area contributed by atoms with Crippen molar-refractivity contribution in [2.24, 2.45) is 0 Å². The quantitative estimate of drug-likeness (QED) is 0.656. The van der Waals surface area contributed by atoms with Crippen LogP contribution in [0.2, 0.25) is 0 Å². The summed E-state index contributed by atoms with van der Waals surface area (Å²) in [7, 11) is -3.93. The molecule has 0 fully saturated rings. The van der Waals surface area contributed by atoms with E-state index in [1.165, 1.54) is 18.2 Å². The van der Waals surface area contributed by atoms with E-state index < -0.39 is 28.3 Å². The number of sulfonamides is 1. The number of anilines is 2. The number of hydrogen-bond acceptors (Lipinski definition) is 3. The maximum Gasteiger partial charge on any atom is 0.265 e.